The lowest BCUT2D eigenvalue weighted by Gasteiger charge is -2.41. The molecule has 12 nitrogen and oxygen atoms in total. The maximum absolute atomic E-state index is 13.1. The molecule has 0 aromatic heterocycles. The van der Waals surface area contributed by atoms with Crippen molar-refractivity contribution in [3.63, 3.8) is 0 Å². The highest BCUT2D eigenvalue weighted by atomic mass is 32.3. The van der Waals surface area contributed by atoms with Crippen molar-refractivity contribution in [2.45, 2.75) is 326 Å². The summed E-state index contributed by atoms with van der Waals surface area (Å²) in [6.07, 6.45) is 47.1. The molecule has 0 radical (unpaired) electrons. The number of aliphatic hydroxyl groups is 4. The molecule has 0 aromatic rings. The van der Waals surface area contributed by atoms with E-state index in [0.717, 1.165) is 38.5 Å². The van der Waals surface area contributed by atoms with Gasteiger partial charge in [-0.1, -0.05) is 270 Å². The lowest BCUT2D eigenvalue weighted by molar-refractivity contribution is -0.298. The Morgan fingerprint density at radius 1 is 0.565 bits per heavy atom. The van der Waals surface area contributed by atoms with Gasteiger partial charge in [-0.25, -0.2) is 4.18 Å². The molecule has 1 fully saturated rings. The maximum atomic E-state index is 13.1. The van der Waals surface area contributed by atoms with Gasteiger partial charge in [-0.05, 0) is 19.3 Å². The number of rotatable bonds is 51. The fourth-order valence-electron chi connectivity index (χ4n) is 9.58. The summed E-state index contributed by atoms with van der Waals surface area (Å²) in [5, 5.41) is 44.8. The van der Waals surface area contributed by atoms with Crippen molar-refractivity contribution in [2.24, 2.45) is 0 Å². The highest BCUT2D eigenvalue weighted by Crippen LogP contribution is 2.26. The van der Waals surface area contributed by atoms with Gasteiger partial charge in [0.1, 0.15) is 24.4 Å². The van der Waals surface area contributed by atoms with Crippen LogP contribution in [0.5, 0.6) is 0 Å². The predicted octanol–water partition coefficient (Wildman–Crippen LogP) is 13.5. The Bertz CT molecular complexity index is 1270. The summed E-state index contributed by atoms with van der Waals surface area (Å²) < 4.78 is 47.7. The average molecular weight is 1000 g/mol. The molecule has 7 atom stereocenters. The van der Waals surface area contributed by atoms with Crippen LogP contribution in [0.3, 0.4) is 0 Å². The molecule has 1 amide bonds. The standard InChI is InChI=1S/C56H109NO11S/c1-3-5-7-9-11-13-15-17-18-19-20-21-22-23-24-25-26-27-28-29-30-31-32-33-34-36-38-40-42-44-46-52(60)57-49(50(59)45-43-41-39-37-35-16-14-12-10-8-6-4-2)48-66-56-54(62)55(68-69(63,64)65)53(61)51(47-58)67-56/h43,45,49-51,53-56,58-59,61-62H,3-42,44,46-48H2,1-2H3,(H,57,60)(H,63,64,65)/b45-43+. The molecule has 0 spiro atoms. The Kier molecular flexibility index (Phi) is 44.5. The van der Waals surface area contributed by atoms with E-state index in [2.05, 4.69) is 23.3 Å². The van der Waals surface area contributed by atoms with Crippen molar-refractivity contribution in [3.8, 4) is 0 Å². The second kappa shape index (κ2) is 46.6. The van der Waals surface area contributed by atoms with Crippen LogP contribution in [0.2, 0.25) is 0 Å². The quantitative estimate of drug-likeness (QED) is 0.0193. The van der Waals surface area contributed by atoms with Crippen molar-refractivity contribution in [3.05, 3.63) is 12.2 Å². The third-order valence-corrected chi connectivity index (χ3v) is 14.5. The minimum absolute atomic E-state index is 0.257. The van der Waals surface area contributed by atoms with Crippen LogP contribution in [0.4, 0.5) is 0 Å². The van der Waals surface area contributed by atoms with E-state index < -0.39 is 59.9 Å². The number of hydrogen-bond acceptors (Lipinski definition) is 10. The van der Waals surface area contributed by atoms with Gasteiger partial charge < -0.3 is 35.2 Å². The molecule has 0 aromatic carbocycles. The van der Waals surface area contributed by atoms with Gasteiger partial charge in [0.15, 0.2) is 6.29 Å². The fourth-order valence-corrected chi connectivity index (χ4v) is 10.1. The molecular weight excluding hydrogens is 895 g/mol. The van der Waals surface area contributed by atoms with Crippen LogP contribution in [-0.2, 0) is 28.9 Å². The van der Waals surface area contributed by atoms with E-state index in [-0.39, 0.29) is 18.9 Å². The molecule has 1 heterocycles. The van der Waals surface area contributed by atoms with E-state index in [1.54, 1.807) is 6.08 Å². The molecule has 1 rings (SSSR count). The number of hydrogen-bond donors (Lipinski definition) is 6. The SMILES string of the molecule is CCCCCCCCCCCC/C=C/C(O)C(COC1OC(CO)C(O)C(OS(=O)(=O)O)C1O)NC(=O)CCCCCCCCCCCCCCCCCCCCCCCCCCCCCCCC. The largest absolute Gasteiger partial charge is 0.397 e. The van der Waals surface area contributed by atoms with Gasteiger partial charge in [-0.15, -0.1) is 0 Å². The van der Waals surface area contributed by atoms with E-state index in [1.165, 1.54) is 218 Å². The first kappa shape index (κ1) is 65.9. The van der Waals surface area contributed by atoms with E-state index in [0.29, 0.717) is 6.42 Å². The summed E-state index contributed by atoms with van der Waals surface area (Å²) in [6, 6.07) is -0.939. The average Bonchev–Trinajstić information content (AvgIpc) is 3.32. The lowest BCUT2D eigenvalue weighted by Crippen LogP contribution is -2.61. The van der Waals surface area contributed by atoms with Gasteiger partial charge in [0, 0.05) is 6.42 Å². The first-order chi connectivity index (χ1) is 33.5. The number of unbranched alkanes of at least 4 members (excludes halogenated alkanes) is 39. The third-order valence-electron chi connectivity index (χ3n) is 14.1. The number of allylic oxidation sites excluding steroid dienone is 1. The minimum Gasteiger partial charge on any atom is -0.394 e. The molecule has 1 aliphatic heterocycles. The van der Waals surface area contributed by atoms with Crippen LogP contribution in [0.25, 0.3) is 0 Å². The van der Waals surface area contributed by atoms with Crippen molar-refractivity contribution in [1.29, 1.82) is 0 Å². The summed E-state index contributed by atoms with van der Waals surface area (Å²) in [4.78, 5) is 13.1. The second-order valence-corrected chi connectivity index (χ2v) is 21.6. The Balaban J connectivity index is 2.23. The van der Waals surface area contributed by atoms with Crippen molar-refractivity contribution < 1.29 is 51.8 Å². The van der Waals surface area contributed by atoms with Gasteiger partial charge in [-0.2, -0.15) is 8.42 Å². The number of nitrogens with one attached hydrogen (secondary N) is 1. The Hall–Kier alpha value is -1.16. The molecule has 7 unspecified atom stereocenters. The van der Waals surface area contributed by atoms with E-state index in [4.69, 9.17) is 9.47 Å². The molecule has 1 aliphatic rings. The zero-order valence-corrected chi connectivity index (χ0v) is 45.2. The van der Waals surface area contributed by atoms with E-state index in [9.17, 15) is 38.2 Å². The summed E-state index contributed by atoms with van der Waals surface area (Å²) >= 11 is 0. The molecule has 13 heteroatoms. The fraction of sp³-hybridized carbons (Fsp3) is 0.946. The Morgan fingerprint density at radius 2 is 0.913 bits per heavy atom. The van der Waals surface area contributed by atoms with Gasteiger partial charge in [0.05, 0.1) is 25.4 Å². The number of amides is 1. The highest BCUT2D eigenvalue weighted by Gasteiger charge is 2.48. The van der Waals surface area contributed by atoms with Crippen LogP contribution >= 0.6 is 0 Å². The summed E-state index contributed by atoms with van der Waals surface area (Å²) in [7, 11) is -5.08. The van der Waals surface area contributed by atoms with Crippen molar-refractivity contribution in [1.82, 2.24) is 5.32 Å². The molecule has 1 saturated heterocycles. The predicted molar refractivity (Wildman–Crippen MR) is 282 cm³/mol. The van der Waals surface area contributed by atoms with Crippen LogP contribution in [0.15, 0.2) is 12.2 Å². The third kappa shape index (κ3) is 39.0. The second-order valence-electron chi connectivity index (χ2n) is 20.6. The molecule has 69 heavy (non-hydrogen) atoms. The number of carbonyl (C=O) groups excluding carboxylic acids is 1. The molecular formula is C56H109NO11S. The highest BCUT2D eigenvalue weighted by molar-refractivity contribution is 7.80. The zero-order chi connectivity index (χ0) is 50.5. The molecule has 0 bridgehead atoms. The van der Waals surface area contributed by atoms with Crippen LogP contribution in [0, 0.1) is 0 Å². The number of ether oxygens (including phenoxy) is 2. The van der Waals surface area contributed by atoms with E-state index >= 15 is 0 Å². The van der Waals surface area contributed by atoms with Gasteiger partial charge in [0.25, 0.3) is 0 Å². The molecule has 410 valence electrons. The topological polar surface area (TPSA) is 192 Å². The van der Waals surface area contributed by atoms with E-state index in [1.807, 2.05) is 6.08 Å². The summed E-state index contributed by atoms with van der Waals surface area (Å²) in [6.45, 7) is 3.41. The lowest BCUT2D eigenvalue weighted by atomic mass is 9.99. The smallest absolute Gasteiger partial charge is 0.394 e. The van der Waals surface area contributed by atoms with Crippen molar-refractivity contribution in [2.75, 3.05) is 13.2 Å². The number of carbonyl (C=O) groups is 1. The van der Waals surface area contributed by atoms with Gasteiger partial charge >= 0.3 is 10.4 Å². The van der Waals surface area contributed by atoms with Gasteiger partial charge in [-0.3, -0.25) is 9.35 Å². The Labute approximate surface area is 423 Å². The summed E-state index contributed by atoms with van der Waals surface area (Å²) in [5.41, 5.74) is 0. The maximum Gasteiger partial charge on any atom is 0.397 e. The first-order valence-corrected chi connectivity index (χ1v) is 30.4. The molecule has 0 saturated carbocycles. The van der Waals surface area contributed by atoms with Crippen molar-refractivity contribution >= 4 is 16.3 Å². The molecule has 6 N–H and O–H groups in total. The minimum atomic E-state index is -5.08. The Morgan fingerprint density at radius 3 is 1.26 bits per heavy atom. The van der Waals surface area contributed by atoms with Crippen LogP contribution in [-0.4, -0.2) is 95.4 Å². The molecule has 0 aliphatic carbocycles. The zero-order valence-electron chi connectivity index (χ0n) is 44.4. The van der Waals surface area contributed by atoms with Crippen LogP contribution in [0.1, 0.15) is 284 Å². The van der Waals surface area contributed by atoms with Crippen LogP contribution < -0.4 is 5.32 Å². The normalized spacial score (nSPS) is 19.7. The monoisotopic (exact) mass is 1000 g/mol. The first-order valence-electron chi connectivity index (χ1n) is 29.1. The van der Waals surface area contributed by atoms with Gasteiger partial charge in [0.2, 0.25) is 5.91 Å². The number of aliphatic hydroxyl groups excluding tert-OH is 4. The summed E-state index contributed by atoms with van der Waals surface area (Å²) in [5.74, 6) is -0.257.